The Morgan fingerprint density at radius 1 is 0.414 bits per heavy atom. The summed E-state index contributed by atoms with van der Waals surface area (Å²) in [5, 5.41) is 6.89. The molecule has 3 heterocycles. The highest BCUT2D eigenvalue weighted by molar-refractivity contribution is 7.97. The summed E-state index contributed by atoms with van der Waals surface area (Å²) >= 11 is 0. The Morgan fingerprint density at radius 3 is 1.17 bits per heavy atom. The van der Waals surface area contributed by atoms with Crippen LogP contribution in [0.1, 0.15) is 49.8 Å². The van der Waals surface area contributed by atoms with Gasteiger partial charge in [0, 0.05) is 44.6 Å². The van der Waals surface area contributed by atoms with Crippen LogP contribution < -0.4 is 26.5 Å². The topological polar surface area (TPSA) is 64.3 Å². The molecule has 336 valence electrons. The maximum atomic E-state index is 15.7. The van der Waals surface area contributed by atoms with Crippen molar-refractivity contribution >= 4 is 85.5 Å². The van der Waals surface area contributed by atoms with Crippen molar-refractivity contribution in [2.75, 3.05) is 0 Å². The molecule has 0 saturated carbocycles. The van der Waals surface area contributed by atoms with E-state index < -0.39 is 13.8 Å². The average molecular weight is 941 g/mol. The first-order valence-electron chi connectivity index (χ1n) is 23.4. The molecule has 0 N–H and O–H groups in total. The Morgan fingerprint density at radius 2 is 0.757 bits per heavy atom. The molecule has 1 aromatic heterocycles. The zero-order valence-electron chi connectivity index (χ0n) is 38.1. The van der Waals surface area contributed by atoms with Crippen molar-refractivity contribution in [3.05, 3.63) is 300 Å². The van der Waals surface area contributed by atoms with Crippen LogP contribution >= 0.6 is 13.8 Å². The molecule has 0 spiro atoms. The summed E-state index contributed by atoms with van der Waals surface area (Å²) in [4.78, 5) is 45.1. The first-order chi connectivity index (χ1) is 34.5. The van der Waals surface area contributed by atoms with Gasteiger partial charge in [-0.1, -0.05) is 243 Å². The molecule has 0 aliphatic carbocycles. The molecular weight excluding hydrogens is 895 g/mol. The number of hydrogen-bond acceptors (Lipinski definition) is 4. The summed E-state index contributed by atoms with van der Waals surface area (Å²) < 4.78 is 7.66. The number of carbonyl (C=O) groups is 3. The Balaban J connectivity index is 1.36. The van der Waals surface area contributed by atoms with Crippen LogP contribution in [0.4, 0.5) is 0 Å². The van der Waals surface area contributed by atoms with Gasteiger partial charge in [-0.2, -0.15) is 0 Å². The lowest BCUT2D eigenvalue weighted by molar-refractivity contribution is -0.107. The van der Waals surface area contributed by atoms with E-state index in [2.05, 4.69) is 91.0 Å². The Kier molecular flexibility index (Phi) is 12.1. The molecule has 6 heteroatoms. The number of ketones is 2. The molecule has 0 atom stereocenters. The number of fused-ring (bicyclic) bond motifs is 1. The van der Waals surface area contributed by atoms with Gasteiger partial charge in [0.25, 0.3) is 0 Å². The van der Waals surface area contributed by atoms with Crippen LogP contribution in [0.2, 0.25) is 0 Å². The highest BCUT2D eigenvalue weighted by Crippen LogP contribution is 2.64. The van der Waals surface area contributed by atoms with Crippen molar-refractivity contribution in [2.45, 2.75) is 6.42 Å². The van der Waals surface area contributed by atoms with Crippen molar-refractivity contribution in [2.24, 2.45) is 0 Å². The van der Waals surface area contributed by atoms with Gasteiger partial charge >= 0.3 is 0 Å². The first-order valence-corrected chi connectivity index (χ1v) is 26.9. The van der Waals surface area contributed by atoms with Gasteiger partial charge < -0.3 is 9.21 Å². The van der Waals surface area contributed by atoms with Gasteiger partial charge in [-0.05, 0) is 75.2 Å². The lowest BCUT2D eigenvalue weighted by atomic mass is 9.92. The van der Waals surface area contributed by atoms with Crippen molar-refractivity contribution in [1.29, 1.82) is 0 Å². The van der Waals surface area contributed by atoms with E-state index in [9.17, 15) is 4.79 Å². The van der Waals surface area contributed by atoms with E-state index >= 15 is 9.59 Å². The number of hydrogen-bond donors (Lipinski definition) is 0. The second-order valence-corrected chi connectivity index (χ2v) is 23.9. The molecule has 70 heavy (non-hydrogen) atoms. The maximum absolute atomic E-state index is 15.7. The molecule has 11 rings (SSSR count). The van der Waals surface area contributed by atoms with Gasteiger partial charge in [-0.25, -0.2) is 0 Å². The molecule has 0 unspecified atom stereocenters. The van der Waals surface area contributed by atoms with Crippen molar-refractivity contribution in [3.63, 3.8) is 0 Å². The van der Waals surface area contributed by atoms with Gasteiger partial charge in [-0.3, -0.25) is 9.59 Å². The zero-order chi connectivity index (χ0) is 47.5. The van der Waals surface area contributed by atoms with Gasteiger partial charge in [0.2, 0.25) is 0 Å². The number of Topliss-reactive ketones (excluding diaryl/α,β-unsaturated/α-hetero) is 2. The first kappa shape index (κ1) is 44.4. The Hall–Kier alpha value is -8.13. The summed E-state index contributed by atoms with van der Waals surface area (Å²) in [6, 6.07) is 82.6. The third kappa shape index (κ3) is 7.45. The van der Waals surface area contributed by atoms with Crippen molar-refractivity contribution in [3.8, 4) is 0 Å². The lowest BCUT2D eigenvalue weighted by Gasteiger charge is -2.38. The minimum atomic E-state index is -3.22. The van der Waals surface area contributed by atoms with Crippen molar-refractivity contribution in [1.82, 2.24) is 0 Å². The fourth-order valence-electron chi connectivity index (χ4n) is 10.4. The summed E-state index contributed by atoms with van der Waals surface area (Å²) in [6.07, 6.45) is 5.16. The number of aldehydes is 1. The molecule has 0 amide bonds. The molecule has 0 fully saturated rings. The van der Waals surface area contributed by atoms with Crippen LogP contribution in [-0.2, 0) is 4.79 Å². The van der Waals surface area contributed by atoms with Gasteiger partial charge in [0.05, 0.1) is 0 Å². The average Bonchev–Trinajstić information content (AvgIpc) is 3.89. The fourth-order valence-corrected chi connectivity index (χ4v) is 19.5. The van der Waals surface area contributed by atoms with Gasteiger partial charge in [0.15, 0.2) is 11.6 Å². The Bertz CT molecular complexity index is 3540. The van der Waals surface area contributed by atoms with E-state index in [0.29, 0.717) is 33.2 Å². The molecule has 9 aromatic rings. The van der Waals surface area contributed by atoms with E-state index in [0.717, 1.165) is 66.0 Å². The number of furan rings is 1. The van der Waals surface area contributed by atoms with E-state index in [4.69, 9.17) is 4.42 Å². The molecule has 0 saturated heterocycles. The highest BCUT2D eigenvalue weighted by atomic mass is 31.2. The summed E-state index contributed by atoms with van der Waals surface area (Å²) in [7, 11) is 0. The minimum Gasteiger partial charge on any atom is -0.455 e. The molecule has 0 bridgehead atoms. The third-order valence-electron chi connectivity index (χ3n) is 13.4. The van der Waals surface area contributed by atoms with E-state index in [1.807, 2.05) is 170 Å². The smallest absolute Gasteiger partial charge is 0.194 e. The predicted octanol–water partition coefficient (Wildman–Crippen LogP) is 12.2. The van der Waals surface area contributed by atoms with Gasteiger partial charge in [-0.15, -0.1) is 0 Å². The molecule has 0 radical (unpaired) electrons. The highest BCUT2D eigenvalue weighted by Gasteiger charge is 2.44. The SMILES string of the molecule is O=CCC1=C(c2cc3c(o2)C(c2ccccc2)=CC(C(=O)c2ccccc2)=P3(c2ccccc2)c2ccccc2)C(c2ccccc2)=CC(C(=O)c2ccccc2)=P1(c1ccccc1)c1ccccc1. The Labute approximate surface area is 408 Å². The van der Waals surface area contributed by atoms with E-state index in [-0.39, 0.29) is 18.0 Å². The zero-order valence-corrected chi connectivity index (χ0v) is 39.9. The second-order valence-electron chi connectivity index (χ2n) is 17.2. The van der Waals surface area contributed by atoms with Gasteiger partial charge in [0.1, 0.15) is 17.8 Å². The largest absolute Gasteiger partial charge is 0.455 e. The normalized spacial score (nSPS) is 14.8. The summed E-state index contributed by atoms with van der Waals surface area (Å²) in [6.45, 7) is -6.33. The predicted molar refractivity (Wildman–Crippen MR) is 294 cm³/mol. The standard InChI is InChI=1S/C64H46O4P2/c65-42-41-57-61(54(46-25-9-1-10-26-46)43-58(62(66)48-29-13-3-14-30-48)69(57,50-33-17-5-18-34-50)51-35-19-6-20-36-51)56-45-60-64(68-56)55(47-27-11-2-12-28-47)44-59(63(67)49-31-15-4-16-32-49)70(60,52-37-21-7-22-38-52)53-39-23-8-24-40-53/h1-40,42-45H,41H2. The number of benzene rings is 8. The monoisotopic (exact) mass is 940 g/mol. The van der Waals surface area contributed by atoms with Crippen LogP contribution in [0, 0.1) is 0 Å². The molecule has 2 aliphatic rings. The van der Waals surface area contributed by atoms with E-state index in [1.54, 1.807) is 0 Å². The maximum Gasteiger partial charge on any atom is 0.194 e. The van der Waals surface area contributed by atoms with Crippen LogP contribution in [-0.4, -0.2) is 28.4 Å². The van der Waals surface area contributed by atoms with Crippen LogP contribution in [0.25, 0.3) is 16.7 Å². The second kappa shape index (κ2) is 19.1. The fraction of sp³-hybridized carbons (Fsp3) is 0.0156. The van der Waals surface area contributed by atoms with Crippen LogP contribution in [0.15, 0.2) is 271 Å². The number of allylic oxidation sites excluding steroid dienone is 5. The lowest BCUT2D eigenvalue weighted by Crippen LogP contribution is -2.35. The van der Waals surface area contributed by atoms with Crippen LogP contribution in [0.3, 0.4) is 0 Å². The third-order valence-corrected chi connectivity index (χ3v) is 22.0. The van der Waals surface area contributed by atoms with Crippen molar-refractivity contribution < 1.29 is 18.8 Å². The minimum absolute atomic E-state index is 0.0108. The van der Waals surface area contributed by atoms with Crippen LogP contribution in [0.5, 0.6) is 0 Å². The molecule has 8 aromatic carbocycles. The number of rotatable bonds is 13. The van der Waals surface area contributed by atoms with E-state index in [1.165, 1.54) is 0 Å². The number of carbonyl (C=O) groups excluding carboxylic acids is 3. The quantitative estimate of drug-likeness (QED) is 0.0656. The summed E-state index contributed by atoms with van der Waals surface area (Å²) in [5.41, 5.74) is 5.21. The summed E-state index contributed by atoms with van der Waals surface area (Å²) in [5.74, 6) is 1.02. The molecular formula is C64H46O4P2. The molecule has 2 aliphatic heterocycles. The molecule has 4 nitrogen and oxygen atoms in total.